The number of hydrogen-bond donors (Lipinski definition) is 4. The van der Waals surface area contributed by atoms with Gasteiger partial charge in [-0.2, -0.15) is 9.97 Å². The maximum atomic E-state index is 13.9. The van der Waals surface area contributed by atoms with E-state index in [1.165, 1.54) is 0 Å². The summed E-state index contributed by atoms with van der Waals surface area (Å²) in [5.41, 5.74) is 6.93. The van der Waals surface area contributed by atoms with Crippen molar-refractivity contribution in [2.75, 3.05) is 30.6 Å². The molecule has 220 valence electrons. The average Bonchev–Trinajstić information content (AvgIpc) is 3.26. The van der Waals surface area contributed by atoms with Crippen LogP contribution in [0, 0.1) is 0 Å². The molecule has 2 heterocycles. The molecule has 4 rings (SSSR count). The van der Waals surface area contributed by atoms with E-state index in [2.05, 4.69) is 37.0 Å². The van der Waals surface area contributed by atoms with E-state index in [9.17, 15) is 14.2 Å². The van der Waals surface area contributed by atoms with Gasteiger partial charge in [-0.15, -0.1) is 6.58 Å². The molecule has 0 unspecified atom stereocenters. The molecule has 0 aromatic carbocycles. The van der Waals surface area contributed by atoms with Gasteiger partial charge >= 0.3 is 11.9 Å². The van der Waals surface area contributed by atoms with Crippen molar-refractivity contribution in [3.63, 3.8) is 0 Å². The van der Waals surface area contributed by atoms with Crippen LogP contribution < -0.4 is 21.2 Å². The van der Waals surface area contributed by atoms with E-state index in [-0.39, 0.29) is 31.1 Å². The highest BCUT2D eigenvalue weighted by Crippen LogP contribution is 2.38. The minimum Gasteiger partial charge on any atom is -0.461 e. The molecule has 15 heteroatoms. The lowest BCUT2D eigenvalue weighted by molar-refractivity contribution is -0.155. The van der Waals surface area contributed by atoms with E-state index in [0.717, 1.165) is 38.5 Å². The molecule has 5 N–H and O–H groups in total. The van der Waals surface area contributed by atoms with Gasteiger partial charge in [0.25, 0.3) is 0 Å². The summed E-state index contributed by atoms with van der Waals surface area (Å²) in [6.07, 6.45) is 8.13. The lowest BCUT2D eigenvalue weighted by Crippen LogP contribution is -2.44. The van der Waals surface area contributed by atoms with Gasteiger partial charge in [-0.05, 0) is 52.4 Å². The van der Waals surface area contributed by atoms with Crippen molar-refractivity contribution in [1.29, 1.82) is 0 Å². The average molecular weight is 579 g/mol. The first-order valence-electron chi connectivity index (χ1n) is 13.6. The lowest BCUT2D eigenvalue weighted by Gasteiger charge is -2.30. The van der Waals surface area contributed by atoms with Crippen LogP contribution in [0.1, 0.15) is 52.4 Å². The Bertz CT molecular complexity index is 1210. The second-order valence-electron chi connectivity index (χ2n) is 10.2. The fourth-order valence-electron chi connectivity index (χ4n) is 4.13. The number of carbonyl (C=O) groups is 2. The molecule has 2 aliphatic rings. The molecular formula is C25H39N8O6P. The molecule has 0 amide bonds. The number of esters is 2. The van der Waals surface area contributed by atoms with E-state index in [1.54, 1.807) is 30.8 Å². The van der Waals surface area contributed by atoms with Crippen molar-refractivity contribution >= 4 is 42.3 Å². The van der Waals surface area contributed by atoms with Gasteiger partial charge in [0.05, 0.1) is 12.9 Å². The third-order valence-corrected chi connectivity index (χ3v) is 8.98. The van der Waals surface area contributed by atoms with Crippen LogP contribution in [0.25, 0.3) is 11.2 Å². The summed E-state index contributed by atoms with van der Waals surface area (Å²) in [7, 11) is -3.60. The number of nitrogens with zero attached hydrogens (tertiary/aromatic N) is 4. The van der Waals surface area contributed by atoms with Crippen LogP contribution in [0.3, 0.4) is 0 Å². The summed E-state index contributed by atoms with van der Waals surface area (Å²) in [6.45, 7) is 7.78. The Morgan fingerprint density at radius 3 is 2.25 bits per heavy atom. The van der Waals surface area contributed by atoms with Gasteiger partial charge in [0.15, 0.2) is 17.0 Å². The van der Waals surface area contributed by atoms with Crippen LogP contribution >= 0.6 is 7.44 Å². The van der Waals surface area contributed by atoms with Crippen molar-refractivity contribution in [2.24, 2.45) is 0 Å². The van der Waals surface area contributed by atoms with Crippen molar-refractivity contribution < 1.29 is 28.4 Å². The van der Waals surface area contributed by atoms with Gasteiger partial charge in [-0.1, -0.05) is 6.08 Å². The summed E-state index contributed by atoms with van der Waals surface area (Å²) in [5, 5.41) is 8.76. The summed E-state index contributed by atoms with van der Waals surface area (Å²) in [5.74, 6) is -0.422. The van der Waals surface area contributed by atoms with Crippen LogP contribution in [0.4, 0.5) is 11.8 Å². The SMILES string of the molecule is C=CCNc1nc(N)nc2c1ncn2CCOCP(=O)(N[C@@H](C)C(=O)OC1CCC1)N[C@@H](C)C(=O)OC1CCC1. The van der Waals surface area contributed by atoms with Crippen LogP contribution in [-0.4, -0.2) is 75.2 Å². The first kappa shape index (κ1) is 29.9. The second-order valence-corrected chi connectivity index (χ2v) is 12.4. The summed E-state index contributed by atoms with van der Waals surface area (Å²) < 4.78 is 32.4. The Balaban J connectivity index is 1.38. The Morgan fingerprint density at radius 1 is 1.12 bits per heavy atom. The highest BCUT2D eigenvalue weighted by Gasteiger charge is 2.34. The Morgan fingerprint density at radius 2 is 1.73 bits per heavy atom. The maximum absolute atomic E-state index is 13.9. The maximum Gasteiger partial charge on any atom is 0.323 e. The van der Waals surface area contributed by atoms with Crippen LogP contribution in [0.15, 0.2) is 19.0 Å². The summed E-state index contributed by atoms with van der Waals surface area (Å²) in [6, 6.07) is -1.76. The number of anilines is 2. The normalized spacial score (nSPS) is 17.4. The third kappa shape index (κ3) is 7.78. The largest absolute Gasteiger partial charge is 0.461 e. The fourth-order valence-corrected chi connectivity index (χ4v) is 6.20. The molecule has 2 aromatic heterocycles. The number of imidazole rings is 1. The second kappa shape index (κ2) is 13.5. The topological polar surface area (TPSA) is 185 Å². The molecule has 0 radical (unpaired) electrons. The van der Waals surface area contributed by atoms with Crippen molar-refractivity contribution in [2.45, 2.75) is 83.2 Å². The van der Waals surface area contributed by atoms with E-state index >= 15 is 0 Å². The number of rotatable bonds is 16. The van der Waals surface area contributed by atoms with Gasteiger partial charge in [-0.3, -0.25) is 14.2 Å². The number of carbonyl (C=O) groups excluding carboxylic acids is 2. The van der Waals surface area contributed by atoms with Crippen LogP contribution in [-0.2, 0) is 34.9 Å². The quantitative estimate of drug-likeness (QED) is 0.0985. The molecule has 2 saturated carbocycles. The van der Waals surface area contributed by atoms with Gasteiger partial charge in [0, 0.05) is 13.1 Å². The number of fused-ring (bicyclic) bond motifs is 1. The number of aromatic nitrogens is 4. The molecule has 0 spiro atoms. The molecule has 2 atom stereocenters. The number of nitrogens with one attached hydrogen (secondary N) is 3. The Kier molecular flexibility index (Phi) is 10.1. The van der Waals surface area contributed by atoms with Gasteiger partial charge < -0.3 is 29.8 Å². The molecule has 14 nitrogen and oxygen atoms in total. The third-order valence-electron chi connectivity index (χ3n) is 6.83. The summed E-state index contributed by atoms with van der Waals surface area (Å²) >= 11 is 0. The minimum absolute atomic E-state index is 0.0881. The first-order chi connectivity index (χ1) is 19.2. The number of nitrogens with two attached hydrogens (primary N) is 1. The molecule has 0 saturated heterocycles. The highest BCUT2D eigenvalue weighted by molar-refractivity contribution is 7.59. The van der Waals surface area contributed by atoms with Gasteiger partial charge in [-0.25, -0.2) is 15.2 Å². The number of nitrogen functional groups attached to an aromatic ring is 1. The molecule has 40 heavy (non-hydrogen) atoms. The van der Waals surface area contributed by atoms with Gasteiger partial charge in [0.1, 0.15) is 30.6 Å². The van der Waals surface area contributed by atoms with Crippen molar-refractivity contribution in [3.8, 4) is 0 Å². The monoisotopic (exact) mass is 578 g/mol. The molecule has 2 aliphatic carbocycles. The Hall–Kier alpha value is -3.06. The van der Waals surface area contributed by atoms with Crippen molar-refractivity contribution in [1.82, 2.24) is 29.7 Å². The predicted octanol–water partition coefficient (Wildman–Crippen LogP) is 2.32. The highest BCUT2D eigenvalue weighted by atomic mass is 31.2. The standard InChI is InChI=1S/C25H39N8O6P/c1-4-11-27-21-20-22(30-25(26)29-21)33(14-28-20)12-13-37-15-40(36,31-16(2)23(34)38-18-7-5-8-18)32-17(3)24(35)39-19-9-6-10-19/h4,14,16-19H,1,5-13,15H2,2-3H3,(H2,31,32,36)(H3,26,27,29,30)/t16-,17-/m0/s1. The zero-order valence-electron chi connectivity index (χ0n) is 23.0. The molecule has 2 aromatic rings. The lowest BCUT2D eigenvalue weighted by atomic mass is 9.96. The molecule has 0 aliphatic heterocycles. The van der Waals surface area contributed by atoms with E-state index in [1.807, 2.05) is 0 Å². The van der Waals surface area contributed by atoms with Crippen LogP contribution in [0.5, 0.6) is 0 Å². The predicted molar refractivity (Wildman–Crippen MR) is 150 cm³/mol. The first-order valence-corrected chi connectivity index (χ1v) is 15.5. The zero-order valence-corrected chi connectivity index (χ0v) is 23.9. The van der Waals surface area contributed by atoms with Crippen molar-refractivity contribution in [3.05, 3.63) is 19.0 Å². The zero-order chi connectivity index (χ0) is 28.7. The van der Waals surface area contributed by atoms with Crippen LogP contribution in [0.2, 0.25) is 0 Å². The fraction of sp³-hybridized carbons (Fsp3) is 0.640. The van der Waals surface area contributed by atoms with E-state index in [0.29, 0.717) is 30.1 Å². The van der Waals surface area contributed by atoms with E-state index < -0.39 is 31.5 Å². The van der Waals surface area contributed by atoms with E-state index in [4.69, 9.17) is 19.9 Å². The molecular weight excluding hydrogens is 539 g/mol. The number of ether oxygens (including phenoxy) is 3. The smallest absolute Gasteiger partial charge is 0.323 e. The Labute approximate surface area is 233 Å². The van der Waals surface area contributed by atoms with Gasteiger partial charge in [0.2, 0.25) is 13.4 Å². The summed E-state index contributed by atoms with van der Waals surface area (Å²) in [4.78, 5) is 38.0. The number of hydrogen-bond acceptors (Lipinski definition) is 11. The molecule has 0 bridgehead atoms. The minimum atomic E-state index is -3.60. The molecule has 2 fully saturated rings.